The van der Waals surface area contributed by atoms with Gasteiger partial charge in [0.2, 0.25) is 0 Å². The second-order valence-electron chi connectivity index (χ2n) is 10.6. The van der Waals surface area contributed by atoms with Gasteiger partial charge in [-0.1, -0.05) is 24.3 Å². The predicted molar refractivity (Wildman–Crippen MR) is 193 cm³/mol. The van der Waals surface area contributed by atoms with Crippen LogP contribution in [0, 0.1) is 0 Å². The minimum Gasteiger partial charge on any atom is -1.00 e. The van der Waals surface area contributed by atoms with Gasteiger partial charge in [0, 0.05) is 0 Å². The Kier molecular flexibility index (Phi) is 22.2. The van der Waals surface area contributed by atoms with Crippen molar-refractivity contribution in [3.8, 4) is 0 Å². The molecule has 232 valence electrons. The maximum Gasteiger partial charge on any atom is -0.0809 e. The maximum absolute atomic E-state index is 2.33. The number of hydrogen-bond donors (Lipinski definition) is 0. The summed E-state index contributed by atoms with van der Waals surface area (Å²) in [6, 6.07) is 58.7. The molecule has 0 aliphatic heterocycles. The summed E-state index contributed by atoms with van der Waals surface area (Å²) in [6.07, 6.45) is 0. The van der Waals surface area contributed by atoms with E-state index in [4.69, 9.17) is 0 Å². The Balaban J connectivity index is 0.000000282. The molecular weight excluding hydrogens is 964 g/mol. The normalized spacial score (nSPS) is 9.22. The van der Waals surface area contributed by atoms with Gasteiger partial charge in [0.25, 0.3) is 0 Å². The molecule has 0 atom stereocenters. The summed E-state index contributed by atoms with van der Waals surface area (Å²) in [7, 11) is 0. The Bertz CT molecular complexity index is 1570. The second-order valence-corrected chi connectivity index (χ2v) is 36.2. The van der Waals surface area contributed by atoms with Crippen LogP contribution in [0.25, 0.3) is 43.1 Å². The van der Waals surface area contributed by atoms with E-state index >= 15 is 0 Å². The van der Waals surface area contributed by atoms with Gasteiger partial charge >= 0.3 is 83.2 Å². The number of hydrogen-bond acceptors (Lipinski definition) is 0. The van der Waals surface area contributed by atoms with Gasteiger partial charge < -0.3 is 24.8 Å². The third kappa shape index (κ3) is 16.3. The largest absolute Gasteiger partial charge is 1.00 e. The van der Waals surface area contributed by atoms with Crippen LogP contribution in [0.1, 0.15) is 0 Å². The van der Waals surface area contributed by atoms with Crippen molar-refractivity contribution in [1.82, 2.24) is 0 Å². The molecule has 0 aliphatic carbocycles. The van der Waals surface area contributed by atoms with E-state index in [0.717, 1.165) is 0 Å². The Hall–Kier alpha value is -1.93. The maximum atomic E-state index is 2.33. The molecule has 0 N–H and O–H groups in total. The molecule has 0 bridgehead atoms. The first-order chi connectivity index (χ1) is 21.3. The van der Waals surface area contributed by atoms with Crippen molar-refractivity contribution in [1.29, 1.82) is 0 Å². The Morgan fingerprint density at radius 1 is 0.348 bits per heavy atom. The summed E-state index contributed by atoms with van der Waals surface area (Å²) in [4.78, 5) is 0. The quantitative estimate of drug-likeness (QED) is 0.133. The van der Waals surface area contributed by atoms with Crippen LogP contribution in [0.5, 0.6) is 0 Å². The molecule has 46 heavy (non-hydrogen) atoms. The minimum atomic E-state index is 0. The first kappa shape index (κ1) is 42.1. The van der Waals surface area contributed by atoms with Gasteiger partial charge in [-0.05, 0) is 0 Å². The third-order valence-corrected chi connectivity index (χ3v) is 6.19. The van der Waals surface area contributed by atoms with E-state index in [1.54, 1.807) is 0 Å². The number of halogens is 2. The molecule has 0 amide bonds. The summed E-state index contributed by atoms with van der Waals surface area (Å²) in [5.74, 6) is 0. The molecule has 0 saturated heterocycles. The first-order valence-electron chi connectivity index (χ1n) is 14.8. The van der Waals surface area contributed by atoms with Crippen LogP contribution in [0.4, 0.5) is 0 Å². The van der Waals surface area contributed by atoms with Crippen molar-refractivity contribution in [2.45, 2.75) is 26.2 Å². The van der Waals surface area contributed by atoms with E-state index in [-0.39, 0.29) is 35.8 Å². The van der Waals surface area contributed by atoms with E-state index in [1.165, 1.54) is 89.1 Å². The fourth-order valence-electron chi connectivity index (χ4n) is 4.28. The van der Waals surface area contributed by atoms with E-state index in [1.807, 2.05) is 0 Å². The number of rotatable bonds is 0. The van der Waals surface area contributed by atoms with Crippen LogP contribution >= 0.6 is 0 Å². The summed E-state index contributed by atoms with van der Waals surface area (Å²) in [5.41, 5.74) is 0.519. The molecule has 0 radical (unpaired) electrons. The van der Waals surface area contributed by atoms with Crippen molar-refractivity contribution < 1.29 is 70.8 Å². The van der Waals surface area contributed by atoms with Gasteiger partial charge in [0.1, 0.15) is 0 Å². The monoisotopic (exact) mass is 1010 g/mol. The Morgan fingerprint density at radius 2 is 0.522 bits per heavy atom. The van der Waals surface area contributed by atoms with Gasteiger partial charge in [-0.15, -0.1) is 119 Å². The van der Waals surface area contributed by atoms with Crippen LogP contribution in [0.3, 0.4) is 0 Å². The molecule has 8 aromatic rings. The molecule has 0 aliphatic rings. The minimum absolute atomic E-state index is 0. The van der Waals surface area contributed by atoms with Crippen LogP contribution < -0.4 is 24.8 Å². The van der Waals surface area contributed by atoms with Gasteiger partial charge in [-0.2, -0.15) is 70.1 Å². The van der Waals surface area contributed by atoms with Gasteiger partial charge in [0.05, 0.1) is 0 Å². The van der Waals surface area contributed by atoms with Crippen molar-refractivity contribution in [2.24, 2.45) is 0 Å². The molecule has 0 spiro atoms. The van der Waals surface area contributed by atoms with Crippen LogP contribution in [-0.4, -0.2) is 11.0 Å². The molecule has 8 rings (SSSR count). The molecular formula is C40H40Cl2Hf2Si2-2. The molecule has 0 nitrogen and oxygen atoms in total. The summed E-state index contributed by atoms with van der Waals surface area (Å²) in [6.45, 7) is 9.32. The molecule has 0 unspecified atom stereocenters. The Morgan fingerprint density at radius 3 is 0.696 bits per heavy atom. The smallest absolute Gasteiger partial charge is 0.0809 e. The fourth-order valence-corrected chi connectivity index (χ4v) is 4.28. The molecule has 0 fully saturated rings. The topological polar surface area (TPSA) is 0 Å². The predicted octanol–water partition coefficient (Wildman–Crippen LogP) is 5.81. The van der Waals surface area contributed by atoms with Gasteiger partial charge in [-0.25, -0.2) is 0 Å². The molecule has 0 aromatic heterocycles. The average molecular weight is 1000 g/mol. The van der Waals surface area contributed by atoms with E-state index < -0.39 is 0 Å². The zero-order valence-electron chi connectivity index (χ0n) is 26.9. The van der Waals surface area contributed by atoms with Crippen LogP contribution in [-0.2, 0) is 46.0 Å². The molecule has 8 aromatic carbocycles. The summed E-state index contributed by atoms with van der Waals surface area (Å²) < 4.78 is 0. The van der Waals surface area contributed by atoms with Gasteiger partial charge in [0.15, 0.2) is 0 Å². The van der Waals surface area contributed by atoms with Crippen LogP contribution in [0.2, 0.25) is 26.2 Å². The first-order valence-corrected chi connectivity index (χ1v) is 30.6. The second kappa shape index (κ2) is 24.3. The zero-order valence-corrected chi connectivity index (χ0v) is 37.6. The SMILES string of the molecule is C[Si](C)=[Hf+2].C[Si](C)=[Hf+2].[Cl-].[Cl-].c1ccc2[cH-]ccc2c1.c1ccc2[cH-]ccc2c1.c1ccc2[cH-]ccc2c1.c1ccc2[cH-]ccc2c1. The average Bonchev–Trinajstić information content (AvgIpc) is 3.84. The fraction of sp³-hybridized carbons (Fsp3) is 0.100. The summed E-state index contributed by atoms with van der Waals surface area (Å²) in [5, 5.41) is 10.6. The van der Waals surface area contributed by atoms with E-state index in [0.29, 0.717) is 0 Å². The van der Waals surface area contributed by atoms with E-state index in [9.17, 15) is 0 Å². The van der Waals surface area contributed by atoms with Gasteiger partial charge in [-0.3, -0.25) is 0 Å². The number of fused-ring (bicyclic) bond motifs is 4. The molecule has 6 heteroatoms. The van der Waals surface area contributed by atoms with Crippen molar-refractivity contribution >= 4 is 54.1 Å². The van der Waals surface area contributed by atoms with Crippen molar-refractivity contribution in [3.63, 3.8) is 0 Å². The standard InChI is InChI=1S/4C9H7.2C2H6Si.2ClH.2Hf/c4*1-2-5-9-7-3-6-8(9)4-1;2*1-3-2;;;;/h4*1-7H;2*1-2H3;2*1H;;/q4*-1;;;;;2*+2/p-2. The summed E-state index contributed by atoms with van der Waals surface area (Å²) >= 11 is 2.90. The van der Waals surface area contributed by atoms with E-state index in [2.05, 4.69) is 196 Å². The third-order valence-electron chi connectivity index (χ3n) is 6.19. The molecule has 0 saturated carbocycles. The van der Waals surface area contributed by atoms with Crippen molar-refractivity contribution in [2.75, 3.05) is 0 Å². The molecule has 0 heterocycles. The number of benzene rings is 4. The Labute approximate surface area is 317 Å². The zero-order chi connectivity index (χ0) is 31.6. The van der Waals surface area contributed by atoms with Crippen LogP contribution in [0.15, 0.2) is 170 Å². The van der Waals surface area contributed by atoms with Crippen molar-refractivity contribution in [3.05, 3.63) is 170 Å².